The van der Waals surface area contributed by atoms with Crippen LogP contribution in [0, 0.1) is 11.6 Å². The highest BCUT2D eigenvalue weighted by Gasteiger charge is 2.18. The molecule has 0 bridgehead atoms. The Bertz CT molecular complexity index is 801. The highest BCUT2D eigenvalue weighted by Crippen LogP contribution is 2.17. The van der Waals surface area contributed by atoms with Gasteiger partial charge in [-0.15, -0.1) is 0 Å². The summed E-state index contributed by atoms with van der Waals surface area (Å²) in [5, 5.41) is 10.5. The van der Waals surface area contributed by atoms with Crippen LogP contribution in [0.2, 0.25) is 0 Å². The molecule has 2 aromatic rings. The van der Waals surface area contributed by atoms with Crippen LogP contribution in [0.3, 0.4) is 0 Å². The first kappa shape index (κ1) is 23.4. The van der Waals surface area contributed by atoms with E-state index in [1.165, 1.54) is 12.1 Å². The highest BCUT2D eigenvalue weighted by molar-refractivity contribution is 5.31. The van der Waals surface area contributed by atoms with E-state index in [4.69, 9.17) is 14.2 Å². The first-order valence-electron chi connectivity index (χ1n) is 10.4. The minimum absolute atomic E-state index is 0.103. The molecular weight excluding hydrogens is 406 g/mol. The Balaban J connectivity index is 1.56. The molecule has 1 saturated heterocycles. The topological polar surface area (TPSA) is 54.4 Å². The lowest BCUT2D eigenvalue weighted by molar-refractivity contribution is 0.0254. The number of ether oxygens (including phenoxy) is 3. The van der Waals surface area contributed by atoms with Crippen LogP contribution in [0.1, 0.15) is 5.56 Å². The van der Waals surface area contributed by atoms with Crippen LogP contribution in [0.25, 0.3) is 0 Å². The van der Waals surface area contributed by atoms with Crippen molar-refractivity contribution in [3.63, 3.8) is 0 Å². The fourth-order valence-electron chi connectivity index (χ4n) is 3.45. The molecule has 3 rings (SSSR count). The van der Waals surface area contributed by atoms with E-state index in [-0.39, 0.29) is 13.2 Å². The summed E-state index contributed by atoms with van der Waals surface area (Å²) < 4.78 is 43.6. The standard InChI is InChI=1S/C23H30F2N2O4/c1-29-21-4-6-22(7-5-21)31-17-20(28)16-27(9-8-26-10-12-30-13-11-26)15-18-2-3-19(24)14-23(18)25/h2-7,14,20,28H,8-13,15-17H2,1H3/t20-/m0/s1. The summed E-state index contributed by atoms with van der Waals surface area (Å²) in [6.07, 6.45) is -0.768. The van der Waals surface area contributed by atoms with Crippen LogP contribution in [-0.4, -0.2) is 80.7 Å². The van der Waals surface area contributed by atoms with E-state index in [2.05, 4.69) is 4.90 Å². The molecule has 1 fully saturated rings. The molecule has 0 spiro atoms. The fourth-order valence-corrected chi connectivity index (χ4v) is 3.45. The summed E-state index contributed by atoms with van der Waals surface area (Å²) in [7, 11) is 1.59. The predicted molar refractivity (Wildman–Crippen MR) is 113 cm³/mol. The van der Waals surface area contributed by atoms with Crippen molar-refractivity contribution >= 4 is 0 Å². The Morgan fingerprint density at radius 3 is 2.48 bits per heavy atom. The maximum Gasteiger partial charge on any atom is 0.130 e. The largest absolute Gasteiger partial charge is 0.497 e. The van der Waals surface area contributed by atoms with Gasteiger partial charge in [0.15, 0.2) is 0 Å². The number of benzene rings is 2. The number of hydrogen-bond acceptors (Lipinski definition) is 6. The number of morpholine rings is 1. The predicted octanol–water partition coefficient (Wildman–Crippen LogP) is 2.55. The molecule has 0 unspecified atom stereocenters. The average Bonchev–Trinajstić information content (AvgIpc) is 2.79. The fraction of sp³-hybridized carbons (Fsp3) is 0.478. The van der Waals surface area contributed by atoms with Crippen molar-refractivity contribution in [2.24, 2.45) is 0 Å². The van der Waals surface area contributed by atoms with Crippen molar-refractivity contribution in [3.8, 4) is 11.5 Å². The molecule has 0 aliphatic carbocycles. The van der Waals surface area contributed by atoms with Crippen molar-refractivity contribution in [1.82, 2.24) is 9.80 Å². The first-order valence-corrected chi connectivity index (χ1v) is 10.4. The second kappa shape index (κ2) is 12.0. The van der Waals surface area contributed by atoms with Gasteiger partial charge in [0.05, 0.1) is 20.3 Å². The zero-order valence-electron chi connectivity index (χ0n) is 17.8. The van der Waals surface area contributed by atoms with E-state index in [1.807, 2.05) is 4.90 Å². The summed E-state index contributed by atoms with van der Waals surface area (Å²) in [5.74, 6) is 0.169. The van der Waals surface area contributed by atoms with Gasteiger partial charge in [0, 0.05) is 50.9 Å². The second-order valence-electron chi connectivity index (χ2n) is 7.57. The molecular formula is C23H30F2N2O4. The number of aliphatic hydroxyl groups is 1. The summed E-state index contributed by atoms with van der Waals surface area (Å²) in [6, 6.07) is 10.7. The van der Waals surface area contributed by atoms with E-state index in [1.54, 1.807) is 31.4 Å². The normalized spacial score (nSPS) is 15.8. The molecule has 6 nitrogen and oxygen atoms in total. The molecule has 0 aromatic heterocycles. The van der Waals surface area contributed by atoms with Crippen LogP contribution in [0.5, 0.6) is 11.5 Å². The van der Waals surface area contributed by atoms with Crippen molar-refractivity contribution in [2.75, 3.05) is 59.7 Å². The van der Waals surface area contributed by atoms with Crippen LogP contribution < -0.4 is 9.47 Å². The van der Waals surface area contributed by atoms with E-state index < -0.39 is 17.7 Å². The molecule has 1 N–H and O–H groups in total. The lowest BCUT2D eigenvalue weighted by atomic mass is 10.2. The molecule has 2 aromatic carbocycles. The molecule has 8 heteroatoms. The van der Waals surface area contributed by atoms with E-state index in [0.717, 1.165) is 31.5 Å². The number of halogens is 2. The minimum atomic E-state index is -0.768. The number of methoxy groups -OCH3 is 1. The number of aliphatic hydroxyl groups excluding tert-OH is 1. The maximum atomic E-state index is 14.2. The zero-order valence-corrected chi connectivity index (χ0v) is 17.8. The van der Waals surface area contributed by atoms with E-state index in [0.29, 0.717) is 37.6 Å². The second-order valence-corrected chi connectivity index (χ2v) is 7.57. The van der Waals surface area contributed by atoms with Gasteiger partial charge in [-0.25, -0.2) is 8.78 Å². The zero-order chi connectivity index (χ0) is 22.1. The van der Waals surface area contributed by atoms with Gasteiger partial charge in [0.1, 0.15) is 35.8 Å². The molecule has 1 aliphatic heterocycles. The SMILES string of the molecule is COc1ccc(OC[C@@H](O)CN(CCN2CCOCC2)Cc2ccc(F)cc2F)cc1. The van der Waals surface area contributed by atoms with Crippen molar-refractivity contribution in [3.05, 3.63) is 59.7 Å². The van der Waals surface area contributed by atoms with Gasteiger partial charge in [-0.1, -0.05) is 6.07 Å². The quantitative estimate of drug-likeness (QED) is 0.584. The van der Waals surface area contributed by atoms with Gasteiger partial charge < -0.3 is 19.3 Å². The van der Waals surface area contributed by atoms with Crippen LogP contribution in [0.15, 0.2) is 42.5 Å². The Labute approximate surface area is 181 Å². The van der Waals surface area contributed by atoms with Crippen LogP contribution >= 0.6 is 0 Å². The number of rotatable bonds is 11. The Morgan fingerprint density at radius 2 is 1.81 bits per heavy atom. The Hall–Kier alpha value is -2.26. The molecule has 1 aliphatic rings. The van der Waals surface area contributed by atoms with E-state index in [9.17, 15) is 13.9 Å². The van der Waals surface area contributed by atoms with Crippen molar-refractivity contribution < 1.29 is 28.1 Å². The van der Waals surface area contributed by atoms with Gasteiger partial charge in [-0.3, -0.25) is 9.80 Å². The average molecular weight is 436 g/mol. The van der Waals surface area contributed by atoms with Crippen LogP contribution in [0.4, 0.5) is 8.78 Å². The van der Waals surface area contributed by atoms with Crippen LogP contribution in [-0.2, 0) is 11.3 Å². The minimum Gasteiger partial charge on any atom is -0.497 e. The molecule has 0 amide bonds. The summed E-state index contributed by atoms with van der Waals surface area (Å²) in [6.45, 7) is 5.19. The molecule has 1 atom stereocenters. The number of hydrogen-bond donors (Lipinski definition) is 1. The van der Waals surface area contributed by atoms with Gasteiger partial charge in [-0.05, 0) is 30.3 Å². The van der Waals surface area contributed by atoms with Crippen molar-refractivity contribution in [1.29, 1.82) is 0 Å². The van der Waals surface area contributed by atoms with Gasteiger partial charge >= 0.3 is 0 Å². The van der Waals surface area contributed by atoms with Crippen molar-refractivity contribution in [2.45, 2.75) is 12.6 Å². The summed E-state index contributed by atoms with van der Waals surface area (Å²) in [5.41, 5.74) is 0.395. The summed E-state index contributed by atoms with van der Waals surface area (Å²) >= 11 is 0. The molecule has 170 valence electrons. The van der Waals surface area contributed by atoms with Gasteiger partial charge in [0.2, 0.25) is 0 Å². The summed E-state index contributed by atoms with van der Waals surface area (Å²) in [4.78, 5) is 4.24. The van der Waals surface area contributed by atoms with Gasteiger partial charge in [0.25, 0.3) is 0 Å². The monoisotopic (exact) mass is 436 g/mol. The third-order valence-electron chi connectivity index (χ3n) is 5.22. The lowest BCUT2D eigenvalue weighted by Crippen LogP contribution is -2.43. The Morgan fingerprint density at radius 1 is 1.10 bits per heavy atom. The first-order chi connectivity index (χ1) is 15.0. The lowest BCUT2D eigenvalue weighted by Gasteiger charge is -2.31. The smallest absolute Gasteiger partial charge is 0.130 e. The highest BCUT2D eigenvalue weighted by atomic mass is 19.1. The Kier molecular flexibility index (Phi) is 9.02. The third-order valence-corrected chi connectivity index (χ3v) is 5.22. The number of nitrogens with zero attached hydrogens (tertiary/aromatic N) is 2. The maximum absolute atomic E-state index is 14.2. The van der Waals surface area contributed by atoms with E-state index >= 15 is 0 Å². The van der Waals surface area contributed by atoms with Gasteiger partial charge in [-0.2, -0.15) is 0 Å². The third kappa shape index (κ3) is 7.74. The molecule has 31 heavy (non-hydrogen) atoms. The molecule has 0 saturated carbocycles. The molecule has 0 radical (unpaired) electrons. The molecule has 1 heterocycles.